The lowest BCUT2D eigenvalue weighted by atomic mass is 10.1. The van der Waals surface area contributed by atoms with Crippen LogP contribution in [0.25, 0.3) is 0 Å². The molecule has 2 aromatic rings. The van der Waals surface area contributed by atoms with Crippen LogP contribution in [0.5, 0.6) is 0 Å². The number of hydrogen-bond acceptors (Lipinski definition) is 8. The molecule has 160 valence electrons. The van der Waals surface area contributed by atoms with E-state index in [2.05, 4.69) is 42.1 Å². The van der Waals surface area contributed by atoms with Gasteiger partial charge < -0.3 is 24.8 Å². The van der Waals surface area contributed by atoms with E-state index in [1.54, 1.807) is 0 Å². The first-order valence-corrected chi connectivity index (χ1v) is 11.2. The van der Waals surface area contributed by atoms with E-state index in [9.17, 15) is 0 Å². The molecule has 0 bridgehead atoms. The minimum atomic E-state index is 0.338. The molecule has 0 aromatic carbocycles. The third-order valence-electron chi connectivity index (χ3n) is 6.23. The van der Waals surface area contributed by atoms with Crippen molar-refractivity contribution in [1.82, 2.24) is 15.0 Å². The lowest BCUT2D eigenvalue weighted by Gasteiger charge is -2.34. The Labute approximate surface area is 178 Å². The summed E-state index contributed by atoms with van der Waals surface area (Å²) in [7, 11) is 0. The minimum absolute atomic E-state index is 0.338. The van der Waals surface area contributed by atoms with Gasteiger partial charge in [-0.25, -0.2) is 9.97 Å². The summed E-state index contributed by atoms with van der Waals surface area (Å²) < 4.78 is 5.47. The zero-order valence-corrected chi connectivity index (χ0v) is 17.5. The zero-order valence-electron chi connectivity index (χ0n) is 17.5. The molecule has 3 aliphatic heterocycles. The summed E-state index contributed by atoms with van der Waals surface area (Å²) in [6.45, 7) is 7.56. The molecule has 3 fully saturated rings. The molecular formula is C22H31N7O. The van der Waals surface area contributed by atoms with Crippen LogP contribution in [-0.2, 0) is 4.74 Å². The molecule has 0 unspecified atom stereocenters. The standard InChI is InChI=1S/C22H31N7O/c1-2-10-28(9-1)21-6-8-24-22(26-21)29-11-3-4-18(17-29)25-20-16-19(5-7-23-20)27-12-14-30-15-13-27/h5-8,16,18H,1-4,9-15,17H2,(H,23,25)/t18-/m1/s1. The van der Waals surface area contributed by atoms with E-state index >= 15 is 0 Å². The zero-order chi connectivity index (χ0) is 20.2. The summed E-state index contributed by atoms with van der Waals surface area (Å²) >= 11 is 0. The van der Waals surface area contributed by atoms with Crippen molar-refractivity contribution in [3.8, 4) is 0 Å². The number of nitrogens with one attached hydrogen (secondary N) is 1. The molecule has 0 radical (unpaired) electrons. The molecule has 1 N–H and O–H groups in total. The number of aromatic nitrogens is 3. The van der Waals surface area contributed by atoms with Gasteiger partial charge in [-0.15, -0.1) is 0 Å². The maximum atomic E-state index is 5.47. The number of hydrogen-bond donors (Lipinski definition) is 1. The van der Waals surface area contributed by atoms with Crippen LogP contribution in [0.2, 0.25) is 0 Å². The number of rotatable bonds is 5. The van der Waals surface area contributed by atoms with Gasteiger partial charge in [-0.1, -0.05) is 0 Å². The van der Waals surface area contributed by atoms with E-state index in [4.69, 9.17) is 9.72 Å². The fourth-order valence-electron chi connectivity index (χ4n) is 4.62. The van der Waals surface area contributed by atoms with Crippen molar-refractivity contribution in [3.05, 3.63) is 30.6 Å². The van der Waals surface area contributed by atoms with Crippen molar-refractivity contribution in [2.24, 2.45) is 0 Å². The molecule has 0 saturated carbocycles. The Bertz CT molecular complexity index is 836. The molecule has 8 nitrogen and oxygen atoms in total. The third-order valence-corrected chi connectivity index (χ3v) is 6.23. The number of nitrogens with zero attached hydrogens (tertiary/aromatic N) is 6. The normalized spacial score (nSPS) is 22.4. The Morgan fingerprint density at radius 1 is 0.867 bits per heavy atom. The molecule has 2 aromatic heterocycles. The average Bonchev–Trinajstić information content (AvgIpc) is 3.35. The van der Waals surface area contributed by atoms with Crippen LogP contribution < -0.4 is 20.0 Å². The van der Waals surface area contributed by atoms with Gasteiger partial charge >= 0.3 is 0 Å². The van der Waals surface area contributed by atoms with Crippen molar-refractivity contribution in [3.63, 3.8) is 0 Å². The topological polar surface area (TPSA) is 69.7 Å². The summed E-state index contributed by atoms with van der Waals surface area (Å²) in [6, 6.07) is 6.62. The Hall–Kier alpha value is -2.61. The molecule has 1 atom stereocenters. The Balaban J connectivity index is 1.24. The van der Waals surface area contributed by atoms with Gasteiger partial charge in [0.05, 0.1) is 13.2 Å². The molecule has 0 spiro atoms. The van der Waals surface area contributed by atoms with E-state index in [-0.39, 0.29) is 0 Å². The number of morpholine rings is 1. The lowest BCUT2D eigenvalue weighted by molar-refractivity contribution is 0.122. The van der Waals surface area contributed by atoms with E-state index in [0.717, 1.165) is 82.9 Å². The lowest BCUT2D eigenvalue weighted by Crippen LogP contribution is -2.43. The van der Waals surface area contributed by atoms with Gasteiger partial charge in [0.25, 0.3) is 0 Å². The molecule has 0 aliphatic carbocycles. The van der Waals surface area contributed by atoms with Crippen molar-refractivity contribution in [2.75, 3.05) is 72.5 Å². The van der Waals surface area contributed by atoms with Gasteiger partial charge in [0.2, 0.25) is 5.95 Å². The molecule has 3 saturated heterocycles. The minimum Gasteiger partial charge on any atom is -0.378 e. The number of piperidine rings is 1. The van der Waals surface area contributed by atoms with Crippen LogP contribution in [0.3, 0.4) is 0 Å². The van der Waals surface area contributed by atoms with Crippen LogP contribution in [0.1, 0.15) is 25.7 Å². The highest BCUT2D eigenvalue weighted by molar-refractivity contribution is 5.54. The SMILES string of the molecule is c1cc(N2CCOCC2)cc(N[C@@H]2CCCN(c3nccc(N4CCCC4)n3)C2)n1. The highest BCUT2D eigenvalue weighted by Gasteiger charge is 2.23. The predicted molar refractivity (Wildman–Crippen MR) is 120 cm³/mol. The summed E-state index contributed by atoms with van der Waals surface area (Å²) in [5, 5.41) is 3.65. The number of anilines is 4. The van der Waals surface area contributed by atoms with Crippen LogP contribution in [-0.4, -0.2) is 73.5 Å². The highest BCUT2D eigenvalue weighted by atomic mass is 16.5. The molecule has 8 heteroatoms. The predicted octanol–water partition coefficient (Wildman–Crippen LogP) is 2.39. The van der Waals surface area contributed by atoms with Gasteiger partial charge in [0, 0.05) is 69.5 Å². The molecule has 30 heavy (non-hydrogen) atoms. The van der Waals surface area contributed by atoms with Gasteiger partial charge in [-0.05, 0) is 37.8 Å². The second kappa shape index (κ2) is 9.04. The second-order valence-electron chi connectivity index (χ2n) is 8.34. The number of ether oxygens (including phenoxy) is 1. The first kappa shape index (κ1) is 19.4. The van der Waals surface area contributed by atoms with Gasteiger partial charge in [0.15, 0.2) is 0 Å². The van der Waals surface area contributed by atoms with Crippen LogP contribution in [0, 0.1) is 0 Å². The third kappa shape index (κ3) is 4.43. The molecule has 0 amide bonds. The van der Waals surface area contributed by atoms with E-state index in [1.807, 2.05) is 18.5 Å². The monoisotopic (exact) mass is 409 g/mol. The van der Waals surface area contributed by atoms with E-state index in [0.29, 0.717) is 6.04 Å². The van der Waals surface area contributed by atoms with E-state index < -0.39 is 0 Å². The first-order valence-electron chi connectivity index (χ1n) is 11.2. The van der Waals surface area contributed by atoms with Crippen molar-refractivity contribution in [2.45, 2.75) is 31.7 Å². The van der Waals surface area contributed by atoms with Crippen molar-refractivity contribution < 1.29 is 4.74 Å². The summed E-state index contributed by atoms with van der Waals surface area (Å²) in [4.78, 5) is 21.1. The summed E-state index contributed by atoms with van der Waals surface area (Å²) in [5.74, 6) is 2.85. The first-order chi connectivity index (χ1) is 14.8. The largest absolute Gasteiger partial charge is 0.378 e. The fraction of sp³-hybridized carbons (Fsp3) is 0.591. The molecule has 5 heterocycles. The maximum absolute atomic E-state index is 5.47. The summed E-state index contributed by atoms with van der Waals surface area (Å²) in [6.07, 6.45) is 8.57. The highest BCUT2D eigenvalue weighted by Crippen LogP contribution is 2.24. The molecule has 3 aliphatic rings. The van der Waals surface area contributed by atoms with Crippen molar-refractivity contribution >= 4 is 23.3 Å². The molecule has 5 rings (SSSR count). The summed E-state index contributed by atoms with van der Waals surface area (Å²) in [5.41, 5.74) is 1.21. The Morgan fingerprint density at radius 2 is 1.67 bits per heavy atom. The maximum Gasteiger partial charge on any atom is 0.227 e. The second-order valence-corrected chi connectivity index (χ2v) is 8.34. The van der Waals surface area contributed by atoms with Crippen LogP contribution in [0.4, 0.5) is 23.3 Å². The van der Waals surface area contributed by atoms with Gasteiger partial charge in [0.1, 0.15) is 11.6 Å². The number of pyridine rings is 1. The van der Waals surface area contributed by atoms with E-state index in [1.165, 1.54) is 18.5 Å². The quantitative estimate of drug-likeness (QED) is 0.807. The average molecular weight is 410 g/mol. The smallest absolute Gasteiger partial charge is 0.227 e. The van der Waals surface area contributed by atoms with Crippen LogP contribution >= 0.6 is 0 Å². The Morgan fingerprint density at radius 3 is 2.53 bits per heavy atom. The Kier molecular flexibility index (Phi) is 5.83. The van der Waals surface area contributed by atoms with Gasteiger partial charge in [-0.2, -0.15) is 4.98 Å². The molecular weight excluding hydrogens is 378 g/mol. The fourth-order valence-corrected chi connectivity index (χ4v) is 4.62. The van der Waals surface area contributed by atoms with Crippen molar-refractivity contribution in [1.29, 1.82) is 0 Å². The van der Waals surface area contributed by atoms with Crippen LogP contribution in [0.15, 0.2) is 30.6 Å². The van der Waals surface area contributed by atoms with Gasteiger partial charge in [-0.3, -0.25) is 0 Å².